The van der Waals surface area contributed by atoms with Gasteiger partial charge in [-0.05, 0) is 37.3 Å². The predicted molar refractivity (Wildman–Crippen MR) is 123 cm³/mol. The third-order valence-electron chi connectivity index (χ3n) is 6.26. The van der Waals surface area contributed by atoms with E-state index in [1.165, 1.54) is 0 Å². The minimum Gasteiger partial charge on any atom is -0.465 e. The van der Waals surface area contributed by atoms with E-state index in [2.05, 4.69) is 5.10 Å². The maximum atomic E-state index is 13.4. The summed E-state index contributed by atoms with van der Waals surface area (Å²) in [6.07, 6.45) is 0.974. The van der Waals surface area contributed by atoms with Crippen LogP contribution >= 0.6 is 33.4 Å². The first-order valence-corrected chi connectivity index (χ1v) is 13.2. The van der Waals surface area contributed by atoms with E-state index in [9.17, 15) is 39.4 Å². The fourth-order valence-electron chi connectivity index (χ4n) is 4.06. The van der Waals surface area contributed by atoms with Crippen molar-refractivity contribution in [3.63, 3.8) is 0 Å². The van der Waals surface area contributed by atoms with Crippen molar-refractivity contribution in [3.05, 3.63) is 33.4 Å². The Morgan fingerprint density at radius 1 is 1.22 bits per heavy atom. The maximum absolute atomic E-state index is 13.4. The number of halogens is 7. The van der Waals surface area contributed by atoms with Crippen LogP contribution in [0, 0.1) is 17.2 Å². The quantitative estimate of drug-likeness (QED) is 0.348. The highest BCUT2D eigenvalue weighted by Gasteiger charge is 2.66. The second-order valence-corrected chi connectivity index (χ2v) is 12.1. The van der Waals surface area contributed by atoms with Crippen LogP contribution < -0.4 is 10.6 Å². The number of hydrogen-bond donors (Lipinski definition) is 2. The number of carbonyl (C=O) groups excluding carboxylic acids is 1. The number of aromatic nitrogens is 2. The third kappa shape index (κ3) is 4.67. The first kappa shape index (κ1) is 26.3. The van der Waals surface area contributed by atoms with Gasteiger partial charge in [-0.3, -0.25) is 9.69 Å². The lowest BCUT2D eigenvalue weighted by molar-refractivity contribution is -0.120. The van der Waals surface area contributed by atoms with Crippen molar-refractivity contribution in [2.45, 2.75) is 42.4 Å². The molecule has 16 heteroatoms. The van der Waals surface area contributed by atoms with Gasteiger partial charge in [0.25, 0.3) is 0 Å². The molecule has 2 aliphatic carbocycles. The summed E-state index contributed by atoms with van der Waals surface area (Å²) >= 11 is 12.0. The monoisotopic (exact) mass is 573 g/mol. The number of amides is 2. The number of nitrogens with two attached hydrogens (primary N) is 1. The van der Waals surface area contributed by atoms with E-state index < -0.39 is 54.0 Å². The molecule has 2 fully saturated rings. The van der Waals surface area contributed by atoms with Crippen molar-refractivity contribution < 1.29 is 34.1 Å². The third-order valence-corrected chi connectivity index (χ3v) is 7.96. The molecule has 2 aliphatic rings. The van der Waals surface area contributed by atoms with Gasteiger partial charge in [0.05, 0.1) is 15.5 Å². The fourth-order valence-corrected chi connectivity index (χ4v) is 5.51. The summed E-state index contributed by atoms with van der Waals surface area (Å²) in [6, 6.07) is 1.66. The lowest BCUT2D eigenvalue weighted by atomic mass is 9.94. The van der Waals surface area contributed by atoms with Crippen LogP contribution in [0.1, 0.15) is 43.4 Å². The van der Waals surface area contributed by atoms with E-state index in [1.54, 1.807) is 6.07 Å². The highest BCUT2D eigenvalue weighted by molar-refractivity contribution is 8.45. The largest absolute Gasteiger partial charge is 0.465 e. The van der Waals surface area contributed by atoms with E-state index in [4.69, 9.17) is 28.9 Å². The molecule has 0 radical (unpaired) electrons. The highest BCUT2D eigenvalue weighted by atomic mass is 35.5. The van der Waals surface area contributed by atoms with Crippen LogP contribution in [0.4, 0.5) is 30.0 Å². The van der Waals surface area contributed by atoms with Crippen molar-refractivity contribution in [1.82, 2.24) is 9.78 Å². The van der Waals surface area contributed by atoms with Crippen LogP contribution in [0.3, 0.4) is 0 Å². The molecule has 4 rings (SSSR count). The van der Waals surface area contributed by atoms with Crippen LogP contribution in [0.25, 0.3) is 5.69 Å². The average Bonchev–Trinajstić information content (AvgIpc) is 3.64. The first-order chi connectivity index (χ1) is 16.4. The Kier molecular flexibility index (Phi) is 5.57. The molecule has 1 heterocycles. The summed E-state index contributed by atoms with van der Waals surface area (Å²) in [7, 11) is -10.2. The molecule has 0 spiro atoms. The lowest BCUT2D eigenvalue weighted by Gasteiger charge is -2.40. The number of carbonyl (C=O) groups is 2. The zero-order chi connectivity index (χ0) is 26.9. The zero-order valence-corrected chi connectivity index (χ0v) is 20.5. The normalized spacial score (nSPS) is 18.6. The number of nitrogens with zero attached hydrogens (tertiary/aromatic N) is 4. The summed E-state index contributed by atoms with van der Waals surface area (Å²) in [5, 5.41) is 21.9. The van der Waals surface area contributed by atoms with E-state index in [0.717, 1.165) is 17.7 Å². The van der Waals surface area contributed by atoms with Crippen molar-refractivity contribution in [1.29, 1.82) is 5.26 Å². The van der Waals surface area contributed by atoms with Crippen LogP contribution in [0.5, 0.6) is 0 Å². The Labute approximate surface area is 211 Å². The minimum atomic E-state index is -10.2. The summed E-state index contributed by atoms with van der Waals surface area (Å²) in [4.78, 5) is 23.1. The molecule has 0 aliphatic heterocycles. The van der Waals surface area contributed by atoms with Crippen molar-refractivity contribution in [2.75, 3.05) is 11.4 Å². The van der Waals surface area contributed by atoms with E-state index in [-0.39, 0.29) is 48.8 Å². The van der Waals surface area contributed by atoms with Crippen LogP contribution in [0.2, 0.25) is 10.0 Å². The van der Waals surface area contributed by atoms with Gasteiger partial charge in [0.15, 0.2) is 5.69 Å². The molecule has 2 saturated carbocycles. The van der Waals surface area contributed by atoms with Crippen LogP contribution in [-0.4, -0.2) is 33.4 Å². The standard InChI is InChI=1S/C20H18Cl2F5N5O3S/c21-12-7-11(36(23,24,25,26)27)8-13(22)16(12)32-17(31(19(34)35)6-3-10-1-2-10)15(14(9-28)30-32)20(4-5-20)18(29)33/h7-8,10H,1-6H2,(H2,29,33)(H,34,35). The minimum absolute atomic E-state index is 0.0439. The predicted octanol–water partition coefficient (Wildman–Crippen LogP) is 6.51. The van der Waals surface area contributed by atoms with Crippen LogP contribution in [0.15, 0.2) is 17.0 Å². The molecule has 2 aromatic rings. The smallest absolute Gasteiger partial charge is 0.413 e. The lowest BCUT2D eigenvalue weighted by Crippen LogP contribution is -2.36. The zero-order valence-electron chi connectivity index (χ0n) is 18.2. The molecule has 0 atom stereocenters. The van der Waals surface area contributed by atoms with Crippen molar-refractivity contribution >= 4 is 51.2 Å². The molecule has 3 N–H and O–H groups in total. The van der Waals surface area contributed by atoms with Gasteiger partial charge in [0.2, 0.25) is 5.91 Å². The number of hydrogen-bond acceptors (Lipinski definition) is 4. The molecular weight excluding hydrogens is 556 g/mol. The number of anilines is 1. The van der Waals surface area contributed by atoms with E-state index in [1.807, 2.05) is 0 Å². The van der Waals surface area contributed by atoms with Crippen molar-refractivity contribution in [3.8, 4) is 11.8 Å². The first-order valence-electron chi connectivity index (χ1n) is 10.5. The summed E-state index contributed by atoms with van der Waals surface area (Å²) in [5.41, 5.74) is 2.98. The number of nitriles is 1. The van der Waals surface area contributed by atoms with Gasteiger partial charge in [0, 0.05) is 12.1 Å². The van der Waals surface area contributed by atoms with Crippen molar-refractivity contribution in [2.24, 2.45) is 11.7 Å². The molecule has 2 amide bonds. The molecule has 1 aromatic carbocycles. The van der Waals surface area contributed by atoms with Gasteiger partial charge in [-0.15, -0.1) is 0 Å². The number of benzene rings is 1. The summed E-state index contributed by atoms with van der Waals surface area (Å²) in [6.45, 7) is -0.114. The Morgan fingerprint density at radius 2 is 1.78 bits per heavy atom. The molecular formula is C20H18Cl2F5N5O3S. The molecule has 0 unspecified atom stereocenters. The van der Waals surface area contributed by atoms with Gasteiger partial charge >= 0.3 is 16.3 Å². The Bertz CT molecular complexity index is 1330. The average molecular weight is 574 g/mol. The van der Waals surface area contributed by atoms with Gasteiger partial charge in [-0.1, -0.05) is 55.5 Å². The fraction of sp³-hybridized carbons (Fsp3) is 0.400. The van der Waals surface area contributed by atoms with E-state index >= 15 is 0 Å². The van der Waals surface area contributed by atoms with Gasteiger partial charge in [-0.2, -0.15) is 10.4 Å². The van der Waals surface area contributed by atoms with Gasteiger partial charge in [0.1, 0.15) is 22.5 Å². The molecule has 36 heavy (non-hydrogen) atoms. The molecule has 1 aromatic heterocycles. The Morgan fingerprint density at radius 3 is 2.17 bits per heavy atom. The number of carboxylic acid groups (broad SMARTS) is 1. The molecule has 0 bridgehead atoms. The highest BCUT2D eigenvalue weighted by Crippen LogP contribution is 3.02. The second kappa shape index (κ2) is 7.62. The second-order valence-electron chi connectivity index (χ2n) is 8.89. The molecule has 196 valence electrons. The molecule has 0 saturated heterocycles. The van der Waals surface area contributed by atoms with E-state index in [0.29, 0.717) is 11.1 Å². The maximum Gasteiger partial charge on any atom is 0.413 e. The summed E-state index contributed by atoms with van der Waals surface area (Å²) in [5.74, 6) is -0.974. The van der Waals surface area contributed by atoms with Gasteiger partial charge in [-0.25, -0.2) is 9.48 Å². The Hall–Kier alpha value is -2.76. The topological polar surface area (TPSA) is 125 Å². The SMILES string of the molecule is N#Cc1nn(-c2c(Cl)cc(S(F)(F)(F)(F)F)cc2Cl)c(N(CCC2CC2)C(=O)O)c1C1(C(N)=O)CC1. The number of primary amides is 1. The van der Waals surface area contributed by atoms with Crippen LogP contribution in [-0.2, 0) is 10.2 Å². The Balaban J connectivity index is 2.01. The summed E-state index contributed by atoms with van der Waals surface area (Å²) < 4.78 is 67.7. The van der Waals surface area contributed by atoms with Gasteiger partial charge < -0.3 is 10.8 Å². The number of rotatable bonds is 8. The molecule has 8 nitrogen and oxygen atoms in total.